The molecule has 2 nitrogen and oxygen atoms in total. The van der Waals surface area contributed by atoms with Gasteiger partial charge < -0.3 is 9.84 Å². The summed E-state index contributed by atoms with van der Waals surface area (Å²) >= 11 is 0. The highest BCUT2D eigenvalue weighted by atomic mass is 16.5. The van der Waals surface area contributed by atoms with Crippen LogP contribution < -0.4 is 4.74 Å². The van der Waals surface area contributed by atoms with E-state index in [0.717, 1.165) is 12.2 Å². The predicted molar refractivity (Wildman–Crippen MR) is 78.8 cm³/mol. The van der Waals surface area contributed by atoms with E-state index in [-0.39, 0.29) is 6.61 Å². The van der Waals surface area contributed by atoms with Crippen molar-refractivity contribution in [3.8, 4) is 5.75 Å². The van der Waals surface area contributed by atoms with E-state index in [1.807, 2.05) is 0 Å². The van der Waals surface area contributed by atoms with Crippen LogP contribution in [0.4, 0.5) is 0 Å². The first kappa shape index (κ1) is 14.4. The van der Waals surface area contributed by atoms with Crippen molar-refractivity contribution < 1.29 is 9.84 Å². The highest BCUT2D eigenvalue weighted by Gasteiger charge is 2.24. The summed E-state index contributed by atoms with van der Waals surface area (Å²) in [4.78, 5) is 0. The number of ether oxygens (including phenoxy) is 1. The van der Waals surface area contributed by atoms with Crippen LogP contribution in [0.2, 0.25) is 0 Å². The van der Waals surface area contributed by atoms with E-state index < -0.39 is 0 Å². The molecule has 0 aromatic heterocycles. The maximum absolute atomic E-state index is 9.79. The molecule has 0 amide bonds. The molecule has 0 radical (unpaired) electrons. The van der Waals surface area contributed by atoms with Crippen LogP contribution in [-0.2, 0) is 6.42 Å². The topological polar surface area (TPSA) is 29.5 Å². The van der Waals surface area contributed by atoms with Crippen LogP contribution in [0.15, 0.2) is 18.2 Å². The lowest BCUT2D eigenvalue weighted by atomic mass is 9.77. The Morgan fingerprint density at radius 3 is 2.58 bits per heavy atom. The molecule has 1 aliphatic rings. The number of aliphatic hydroxyl groups is 1. The fraction of sp³-hybridized carbons (Fsp3) is 0.647. The summed E-state index contributed by atoms with van der Waals surface area (Å²) < 4.78 is 5.39. The van der Waals surface area contributed by atoms with Gasteiger partial charge in [0.1, 0.15) is 5.75 Å². The van der Waals surface area contributed by atoms with Gasteiger partial charge in [-0.15, -0.1) is 0 Å². The van der Waals surface area contributed by atoms with E-state index in [9.17, 15) is 5.11 Å². The van der Waals surface area contributed by atoms with Gasteiger partial charge in [-0.05, 0) is 42.4 Å². The highest BCUT2D eigenvalue weighted by Crippen LogP contribution is 2.37. The van der Waals surface area contributed by atoms with Crippen molar-refractivity contribution >= 4 is 0 Å². The lowest BCUT2D eigenvalue weighted by Gasteiger charge is -2.29. The van der Waals surface area contributed by atoms with Crippen LogP contribution in [0, 0.1) is 5.92 Å². The molecule has 1 N–H and O–H groups in total. The van der Waals surface area contributed by atoms with Gasteiger partial charge in [0.15, 0.2) is 0 Å². The molecule has 1 atom stereocenters. The lowest BCUT2D eigenvalue weighted by Crippen LogP contribution is -2.19. The second-order valence-corrected chi connectivity index (χ2v) is 5.61. The first-order chi connectivity index (χ1) is 9.30. The zero-order valence-corrected chi connectivity index (χ0v) is 12.2. The van der Waals surface area contributed by atoms with E-state index in [0.29, 0.717) is 11.8 Å². The highest BCUT2D eigenvalue weighted by molar-refractivity contribution is 5.39. The third-order valence-corrected chi connectivity index (χ3v) is 4.53. The zero-order valence-electron chi connectivity index (χ0n) is 12.2. The van der Waals surface area contributed by atoms with Gasteiger partial charge in [-0.1, -0.05) is 38.3 Å². The van der Waals surface area contributed by atoms with Crippen LogP contribution in [-0.4, -0.2) is 18.8 Å². The number of rotatable bonds is 5. The number of benzene rings is 1. The second kappa shape index (κ2) is 6.95. The van der Waals surface area contributed by atoms with Crippen LogP contribution in [0.5, 0.6) is 5.75 Å². The van der Waals surface area contributed by atoms with Crippen LogP contribution in [0.1, 0.15) is 56.1 Å². The summed E-state index contributed by atoms with van der Waals surface area (Å²) in [5.41, 5.74) is 2.53. The van der Waals surface area contributed by atoms with Crippen molar-refractivity contribution in [1.29, 1.82) is 0 Å². The molecule has 1 aliphatic carbocycles. The molecule has 2 rings (SSSR count). The summed E-state index contributed by atoms with van der Waals surface area (Å²) in [6, 6.07) is 6.42. The van der Waals surface area contributed by atoms with E-state index in [1.165, 1.54) is 43.2 Å². The molecule has 106 valence electrons. The van der Waals surface area contributed by atoms with Crippen molar-refractivity contribution in [2.75, 3.05) is 13.7 Å². The number of hydrogen-bond donors (Lipinski definition) is 1. The van der Waals surface area contributed by atoms with Crippen molar-refractivity contribution in [2.45, 2.75) is 51.4 Å². The average molecular weight is 262 g/mol. The molecule has 0 saturated heterocycles. The molecule has 1 aromatic rings. The molecule has 0 aliphatic heterocycles. The minimum Gasteiger partial charge on any atom is -0.496 e. The molecule has 1 unspecified atom stereocenters. The number of hydrogen-bond acceptors (Lipinski definition) is 2. The molecular weight excluding hydrogens is 236 g/mol. The van der Waals surface area contributed by atoms with E-state index in [2.05, 4.69) is 25.1 Å². The monoisotopic (exact) mass is 262 g/mol. The van der Waals surface area contributed by atoms with Crippen molar-refractivity contribution in [3.63, 3.8) is 0 Å². The first-order valence-electron chi connectivity index (χ1n) is 7.57. The van der Waals surface area contributed by atoms with Crippen molar-refractivity contribution in [2.24, 2.45) is 5.92 Å². The summed E-state index contributed by atoms with van der Waals surface area (Å²) in [5, 5.41) is 9.79. The normalized spacial score (nSPS) is 18.3. The van der Waals surface area contributed by atoms with Crippen molar-refractivity contribution in [3.05, 3.63) is 29.3 Å². The van der Waals surface area contributed by atoms with Gasteiger partial charge in [-0.3, -0.25) is 0 Å². The van der Waals surface area contributed by atoms with Crippen LogP contribution >= 0.6 is 0 Å². The van der Waals surface area contributed by atoms with Gasteiger partial charge in [-0.25, -0.2) is 0 Å². The molecule has 19 heavy (non-hydrogen) atoms. The van der Waals surface area contributed by atoms with E-state index in [4.69, 9.17) is 4.74 Å². The van der Waals surface area contributed by atoms with Gasteiger partial charge in [0.05, 0.1) is 13.7 Å². The maximum atomic E-state index is 9.79. The van der Waals surface area contributed by atoms with E-state index in [1.54, 1.807) is 7.11 Å². The smallest absolute Gasteiger partial charge is 0.122 e. The number of aryl methyl sites for hydroxylation is 1. The Kier molecular flexibility index (Phi) is 5.26. The van der Waals surface area contributed by atoms with Gasteiger partial charge in [0.25, 0.3) is 0 Å². The molecule has 0 heterocycles. The predicted octanol–water partition coefficient (Wildman–Crippen LogP) is 3.91. The van der Waals surface area contributed by atoms with Gasteiger partial charge in [-0.2, -0.15) is 0 Å². The molecule has 0 spiro atoms. The summed E-state index contributed by atoms with van der Waals surface area (Å²) in [6.45, 7) is 2.41. The Balaban J connectivity index is 2.22. The zero-order chi connectivity index (χ0) is 13.7. The Labute approximate surface area is 116 Å². The number of aliphatic hydroxyl groups excluding tert-OH is 1. The fourth-order valence-corrected chi connectivity index (χ4v) is 3.37. The molecule has 1 aromatic carbocycles. The Morgan fingerprint density at radius 1 is 1.26 bits per heavy atom. The van der Waals surface area contributed by atoms with E-state index >= 15 is 0 Å². The standard InChI is InChI=1S/C17H26O2/c1-3-13-11-15(9-10-17(13)19-2)16(12-18)14-7-5-4-6-8-14/h9-11,14,16,18H,3-8,12H2,1-2H3. The first-order valence-corrected chi connectivity index (χ1v) is 7.57. The van der Waals surface area contributed by atoms with Gasteiger partial charge in [0.2, 0.25) is 0 Å². The van der Waals surface area contributed by atoms with Gasteiger partial charge >= 0.3 is 0 Å². The number of methoxy groups -OCH3 is 1. The molecule has 2 heteroatoms. The largest absolute Gasteiger partial charge is 0.496 e. The average Bonchev–Trinajstić information content (AvgIpc) is 2.49. The summed E-state index contributed by atoms with van der Waals surface area (Å²) in [7, 11) is 1.72. The third-order valence-electron chi connectivity index (χ3n) is 4.53. The van der Waals surface area contributed by atoms with Crippen LogP contribution in [0.25, 0.3) is 0 Å². The molecule has 1 saturated carbocycles. The second-order valence-electron chi connectivity index (χ2n) is 5.61. The molecular formula is C17H26O2. The third kappa shape index (κ3) is 3.30. The van der Waals surface area contributed by atoms with Crippen molar-refractivity contribution in [1.82, 2.24) is 0 Å². The quantitative estimate of drug-likeness (QED) is 0.871. The molecule has 0 bridgehead atoms. The minimum absolute atomic E-state index is 0.264. The summed E-state index contributed by atoms with van der Waals surface area (Å²) in [6.07, 6.45) is 7.49. The van der Waals surface area contributed by atoms with Crippen LogP contribution in [0.3, 0.4) is 0 Å². The SMILES string of the molecule is CCc1cc(C(CO)C2CCCCC2)ccc1OC. The fourth-order valence-electron chi connectivity index (χ4n) is 3.37. The maximum Gasteiger partial charge on any atom is 0.122 e. The minimum atomic E-state index is 0.264. The Bertz CT molecular complexity index is 394. The summed E-state index contributed by atoms with van der Waals surface area (Å²) in [5.74, 6) is 1.92. The van der Waals surface area contributed by atoms with Gasteiger partial charge in [0, 0.05) is 5.92 Å². The lowest BCUT2D eigenvalue weighted by molar-refractivity contribution is 0.196. The molecule has 1 fully saturated rings. The Morgan fingerprint density at radius 2 is 2.00 bits per heavy atom. The Hall–Kier alpha value is -1.02.